The number of hydrogen-bond donors (Lipinski definition) is 2. The number of benzene rings is 2. The van der Waals surface area contributed by atoms with E-state index in [1.54, 1.807) is 12.1 Å². The SMILES string of the molecule is CCCCCC(C)N1C(=O)OC(Cc2ccc(F)cc2)(c2nc3cc(NS(C)(=O)=O)ccc3[nH]2)C1=O. The number of cyclic esters (lactones) is 1. The van der Waals surface area contributed by atoms with Crippen molar-refractivity contribution in [1.29, 1.82) is 0 Å². The van der Waals surface area contributed by atoms with Gasteiger partial charge in [-0.2, -0.15) is 0 Å². The van der Waals surface area contributed by atoms with Gasteiger partial charge >= 0.3 is 6.09 Å². The molecule has 2 unspecified atom stereocenters. The first kappa shape index (κ1) is 25.6. The fourth-order valence-corrected chi connectivity index (χ4v) is 4.98. The summed E-state index contributed by atoms with van der Waals surface area (Å²) in [4.78, 5) is 35.6. The number of imide groups is 1. The number of H-pyrrole nitrogens is 1. The van der Waals surface area contributed by atoms with Crippen molar-refractivity contribution in [3.8, 4) is 0 Å². The molecule has 0 radical (unpaired) electrons. The van der Waals surface area contributed by atoms with Crippen molar-refractivity contribution in [3.63, 3.8) is 0 Å². The minimum atomic E-state index is -3.50. The van der Waals surface area contributed by atoms with E-state index in [-0.39, 0.29) is 18.3 Å². The molecule has 11 heteroatoms. The van der Waals surface area contributed by atoms with Crippen molar-refractivity contribution in [3.05, 3.63) is 59.7 Å². The van der Waals surface area contributed by atoms with Crippen LogP contribution in [0.25, 0.3) is 11.0 Å². The number of aromatic amines is 1. The zero-order valence-electron chi connectivity index (χ0n) is 20.4. The van der Waals surface area contributed by atoms with Gasteiger partial charge in [0.15, 0.2) is 5.82 Å². The van der Waals surface area contributed by atoms with Crippen LogP contribution in [0.5, 0.6) is 0 Å². The van der Waals surface area contributed by atoms with Crippen molar-refractivity contribution in [1.82, 2.24) is 14.9 Å². The number of fused-ring (bicyclic) bond motifs is 1. The van der Waals surface area contributed by atoms with Gasteiger partial charge in [0, 0.05) is 12.5 Å². The smallest absolute Gasteiger partial charge is 0.418 e. The summed E-state index contributed by atoms with van der Waals surface area (Å²) in [5.74, 6) is -0.863. The van der Waals surface area contributed by atoms with E-state index < -0.39 is 33.4 Å². The van der Waals surface area contributed by atoms with Crippen LogP contribution >= 0.6 is 0 Å². The van der Waals surface area contributed by atoms with E-state index in [9.17, 15) is 22.4 Å². The molecule has 2 N–H and O–H groups in total. The van der Waals surface area contributed by atoms with Gasteiger partial charge in [0.2, 0.25) is 10.0 Å². The largest absolute Gasteiger partial charge is 0.424 e. The second-order valence-electron chi connectivity index (χ2n) is 9.21. The van der Waals surface area contributed by atoms with E-state index in [2.05, 4.69) is 21.6 Å². The molecule has 0 bridgehead atoms. The molecule has 2 atom stereocenters. The standard InChI is InChI=1S/C25H29FN4O5S/c1-4-5-6-7-16(2)30-23(31)25(35-24(30)32,15-17-8-10-18(26)11-9-17)22-27-20-13-12-19(14-21(20)28-22)29-36(3,33)34/h8-14,16,29H,4-7,15H2,1-3H3,(H,27,28). The Hall–Kier alpha value is -3.47. The lowest BCUT2D eigenvalue weighted by Crippen LogP contribution is -2.44. The quantitative estimate of drug-likeness (QED) is 0.384. The first-order valence-electron chi connectivity index (χ1n) is 11.8. The number of nitrogens with zero attached hydrogens (tertiary/aromatic N) is 2. The average molecular weight is 517 g/mol. The summed E-state index contributed by atoms with van der Waals surface area (Å²) in [6, 6.07) is 9.94. The zero-order valence-corrected chi connectivity index (χ0v) is 21.2. The molecule has 1 fully saturated rings. The van der Waals surface area contributed by atoms with Gasteiger partial charge in [0.05, 0.1) is 23.0 Å². The Morgan fingerprint density at radius 2 is 1.89 bits per heavy atom. The highest BCUT2D eigenvalue weighted by atomic mass is 32.2. The molecule has 192 valence electrons. The third-order valence-corrected chi connectivity index (χ3v) is 6.83. The Labute approximate surface area is 209 Å². The van der Waals surface area contributed by atoms with Gasteiger partial charge in [-0.25, -0.2) is 27.5 Å². The maximum absolute atomic E-state index is 13.9. The van der Waals surface area contributed by atoms with Crippen LogP contribution in [0.1, 0.15) is 50.9 Å². The second kappa shape index (κ2) is 9.88. The fourth-order valence-electron chi connectivity index (χ4n) is 4.43. The molecule has 0 aliphatic carbocycles. The van der Waals surface area contributed by atoms with Crippen LogP contribution < -0.4 is 4.72 Å². The van der Waals surface area contributed by atoms with Crippen LogP contribution in [0.3, 0.4) is 0 Å². The summed E-state index contributed by atoms with van der Waals surface area (Å²) in [5, 5.41) is 0. The third-order valence-electron chi connectivity index (χ3n) is 6.22. The van der Waals surface area contributed by atoms with E-state index in [0.717, 1.165) is 30.4 Å². The van der Waals surface area contributed by atoms with Crippen molar-refractivity contribution < 1.29 is 27.1 Å². The number of halogens is 1. The Morgan fingerprint density at radius 1 is 1.17 bits per heavy atom. The Morgan fingerprint density at radius 3 is 2.56 bits per heavy atom. The predicted octanol–water partition coefficient (Wildman–Crippen LogP) is 4.46. The maximum atomic E-state index is 13.9. The van der Waals surface area contributed by atoms with Crippen LogP contribution in [-0.2, 0) is 31.6 Å². The van der Waals surface area contributed by atoms with Crippen LogP contribution in [0, 0.1) is 5.82 Å². The number of carbonyl (C=O) groups is 2. The minimum Gasteiger partial charge on any atom is -0.424 e. The number of unbranched alkanes of at least 4 members (excludes halogenated alkanes) is 2. The number of imidazole rings is 1. The number of anilines is 1. The highest BCUT2D eigenvalue weighted by Crippen LogP contribution is 2.39. The molecular formula is C25H29FN4O5S. The van der Waals surface area contributed by atoms with Crippen molar-refractivity contribution in [2.45, 2.75) is 57.6 Å². The molecule has 1 aliphatic rings. The summed E-state index contributed by atoms with van der Waals surface area (Å²) in [5.41, 5.74) is 0.0166. The summed E-state index contributed by atoms with van der Waals surface area (Å²) < 4.78 is 45.0. The molecule has 2 amide bonds. The fraction of sp³-hybridized carbons (Fsp3) is 0.400. The highest BCUT2D eigenvalue weighted by molar-refractivity contribution is 7.92. The van der Waals surface area contributed by atoms with E-state index >= 15 is 0 Å². The normalized spacial score (nSPS) is 19.1. The van der Waals surface area contributed by atoms with Crippen LogP contribution in [-0.4, -0.2) is 47.6 Å². The molecule has 3 aromatic rings. The number of nitrogens with one attached hydrogen (secondary N) is 2. The van der Waals surface area contributed by atoms with E-state index in [1.807, 2.05) is 6.92 Å². The minimum absolute atomic E-state index is 0.0513. The van der Waals surface area contributed by atoms with E-state index in [4.69, 9.17) is 4.74 Å². The van der Waals surface area contributed by atoms with Crippen LogP contribution in [0.4, 0.5) is 14.9 Å². The summed E-state index contributed by atoms with van der Waals surface area (Å²) in [6.45, 7) is 3.89. The summed E-state index contributed by atoms with van der Waals surface area (Å²) >= 11 is 0. The number of carbonyl (C=O) groups excluding carboxylic acids is 2. The second-order valence-corrected chi connectivity index (χ2v) is 11.0. The summed E-state index contributed by atoms with van der Waals surface area (Å²) in [6.07, 6.45) is 3.72. The molecule has 9 nitrogen and oxygen atoms in total. The number of ether oxygens (including phenoxy) is 1. The molecule has 2 heterocycles. The number of sulfonamides is 1. The third kappa shape index (κ3) is 5.20. The maximum Gasteiger partial charge on any atom is 0.418 e. The monoisotopic (exact) mass is 516 g/mol. The van der Waals surface area contributed by atoms with Crippen molar-refractivity contribution >= 4 is 38.7 Å². The number of aromatic nitrogens is 2. The first-order chi connectivity index (χ1) is 17.0. The molecule has 4 rings (SSSR count). The van der Waals surface area contributed by atoms with Gasteiger partial charge < -0.3 is 9.72 Å². The van der Waals surface area contributed by atoms with Gasteiger partial charge in [-0.1, -0.05) is 38.3 Å². The molecule has 1 aliphatic heterocycles. The summed E-state index contributed by atoms with van der Waals surface area (Å²) in [7, 11) is -3.50. The zero-order chi connectivity index (χ0) is 26.1. The molecule has 0 spiro atoms. The topological polar surface area (TPSA) is 121 Å². The Kier molecular flexibility index (Phi) is 7.03. The average Bonchev–Trinajstić information content (AvgIpc) is 3.33. The molecular weight excluding hydrogens is 487 g/mol. The molecule has 0 saturated carbocycles. The van der Waals surface area contributed by atoms with Crippen molar-refractivity contribution in [2.24, 2.45) is 0 Å². The van der Waals surface area contributed by atoms with Gasteiger partial charge in [0.1, 0.15) is 5.82 Å². The number of hydrogen-bond acceptors (Lipinski definition) is 6. The van der Waals surface area contributed by atoms with Crippen LogP contribution in [0.15, 0.2) is 42.5 Å². The molecule has 2 aromatic carbocycles. The Balaban J connectivity index is 1.76. The van der Waals surface area contributed by atoms with Crippen molar-refractivity contribution in [2.75, 3.05) is 11.0 Å². The Bertz CT molecular complexity index is 1390. The predicted molar refractivity (Wildman–Crippen MR) is 133 cm³/mol. The lowest BCUT2D eigenvalue weighted by Gasteiger charge is -2.25. The number of rotatable bonds is 10. The first-order valence-corrected chi connectivity index (χ1v) is 13.7. The van der Waals surface area contributed by atoms with Gasteiger partial charge in [-0.3, -0.25) is 9.52 Å². The molecule has 36 heavy (non-hydrogen) atoms. The lowest BCUT2D eigenvalue weighted by molar-refractivity contribution is -0.139. The lowest BCUT2D eigenvalue weighted by atomic mass is 9.92. The van der Waals surface area contributed by atoms with Crippen LogP contribution in [0.2, 0.25) is 0 Å². The number of amides is 2. The molecule has 1 aromatic heterocycles. The highest BCUT2D eigenvalue weighted by Gasteiger charge is 2.58. The molecule has 1 saturated heterocycles. The van der Waals surface area contributed by atoms with Gasteiger partial charge in [0.25, 0.3) is 11.5 Å². The van der Waals surface area contributed by atoms with Gasteiger partial charge in [-0.15, -0.1) is 0 Å². The van der Waals surface area contributed by atoms with Gasteiger partial charge in [-0.05, 0) is 49.2 Å². The van der Waals surface area contributed by atoms with E-state index in [0.29, 0.717) is 28.7 Å². The van der Waals surface area contributed by atoms with E-state index in [1.165, 1.54) is 30.3 Å².